The van der Waals surface area contributed by atoms with Gasteiger partial charge in [-0.25, -0.2) is 9.97 Å². The molecule has 0 saturated carbocycles. The molecule has 1 aromatic carbocycles. The number of pyridine rings is 1. The van der Waals surface area contributed by atoms with Crippen molar-refractivity contribution in [1.82, 2.24) is 20.3 Å². The van der Waals surface area contributed by atoms with Crippen molar-refractivity contribution in [2.75, 3.05) is 19.0 Å². The minimum Gasteiger partial charge on any atom is -0.347 e. The third-order valence-electron chi connectivity index (χ3n) is 3.94. The maximum Gasteiger partial charge on any atom is 0.244 e. The Balaban J connectivity index is 1.75. The second-order valence-corrected chi connectivity index (χ2v) is 6.18. The van der Waals surface area contributed by atoms with Crippen molar-refractivity contribution in [3.63, 3.8) is 0 Å². The first-order chi connectivity index (χ1) is 13.1. The van der Waals surface area contributed by atoms with Crippen LogP contribution in [0.25, 0.3) is 6.08 Å². The fraction of sp³-hybridized carbons (Fsp3) is 0.143. The number of hydrogen-bond acceptors (Lipinski definition) is 5. The fourth-order valence-electron chi connectivity index (χ4n) is 2.57. The lowest BCUT2D eigenvalue weighted by atomic mass is 9.99. The first-order valence-corrected chi connectivity index (χ1v) is 8.56. The summed E-state index contributed by atoms with van der Waals surface area (Å²) in [4.78, 5) is 26.8. The largest absolute Gasteiger partial charge is 0.347 e. The molecule has 136 valence electrons. The number of benzene rings is 1. The maximum absolute atomic E-state index is 12.5. The maximum atomic E-state index is 12.5. The Hall–Kier alpha value is -3.54. The van der Waals surface area contributed by atoms with E-state index < -0.39 is 0 Å². The van der Waals surface area contributed by atoms with Gasteiger partial charge in [-0.1, -0.05) is 30.3 Å². The Morgan fingerprint density at radius 3 is 2.26 bits per heavy atom. The first-order valence-electron chi connectivity index (χ1n) is 8.56. The molecule has 0 spiro atoms. The van der Waals surface area contributed by atoms with Crippen molar-refractivity contribution in [2.45, 2.75) is 6.04 Å². The van der Waals surface area contributed by atoms with E-state index in [1.54, 1.807) is 30.9 Å². The fourth-order valence-corrected chi connectivity index (χ4v) is 2.57. The van der Waals surface area contributed by atoms with Crippen molar-refractivity contribution in [3.8, 4) is 0 Å². The summed E-state index contributed by atoms with van der Waals surface area (Å²) in [5, 5.41) is 3.05. The Labute approximate surface area is 158 Å². The van der Waals surface area contributed by atoms with Crippen LogP contribution < -0.4 is 10.2 Å². The van der Waals surface area contributed by atoms with Crippen molar-refractivity contribution in [3.05, 3.63) is 90.0 Å². The van der Waals surface area contributed by atoms with Crippen LogP contribution in [0.15, 0.2) is 73.3 Å². The van der Waals surface area contributed by atoms with Crippen LogP contribution in [0.1, 0.15) is 22.7 Å². The number of hydrogen-bond donors (Lipinski definition) is 1. The lowest BCUT2D eigenvalue weighted by Crippen LogP contribution is -2.27. The Bertz CT molecular complexity index is 853. The molecule has 0 saturated heterocycles. The predicted molar refractivity (Wildman–Crippen MR) is 106 cm³/mol. The van der Waals surface area contributed by atoms with Gasteiger partial charge in [0, 0.05) is 50.5 Å². The van der Waals surface area contributed by atoms with Gasteiger partial charge in [0.25, 0.3) is 0 Å². The average Bonchev–Trinajstić information content (AvgIpc) is 2.72. The normalized spacial score (nSPS) is 11.9. The van der Waals surface area contributed by atoms with Crippen molar-refractivity contribution in [1.29, 1.82) is 0 Å². The van der Waals surface area contributed by atoms with Crippen LogP contribution in [-0.2, 0) is 4.79 Å². The van der Waals surface area contributed by atoms with Crippen LogP contribution >= 0.6 is 0 Å². The molecule has 0 radical (unpaired) electrons. The summed E-state index contributed by atoms with van der Waals surface area (Å²) in [6.07, 6.45) is 10.00. The zero-order valence-electron chi connectivity index (χ0n) is 15.3. The molecule has 27 heavy (non-hydrogen) atoms. The van der Waals surface area contributed by atoms with Gasteiger partial charge in [0.15, 0.2) is 0 Å². The van der Waals surface area contributed by atoms with E-state index in [-0.39, 0.29) is 11.9 Å². The van der Waals surface area contributed by atoms with Crippen LogP contribution in [0.5, 0.6) is 0 Å². The van der Waals surface area contributed by atoms with Gasteiger partial charge < -0.3 is 10.2 Å². The lowest BCUT2D eigenvalue weighted by molar-refractivity contribution is -0.116. The van der Waals surface area contributed by atoms with E-state index in [1.807, 2.05) is 61.5 Å². The molecule has 3 aromatic rings. The summed E-state index contributed by atoms with van der Waals surface area (Å²) in [7, 11) is 3.75. The minimum atomic E-state index is -0.251. The smallest absolute Gasteiger partial charge is 0.244 e. The molecule has 1 amide bonds. The molecule has 2 aromatic heterocycles. The summed E-state index contributed by atoms with van der Waals surface area (Å²) in [5.41, 5.74) is 2.73. The zero-order chi connectivity index (χ0) is 19.1. The van der Waals surface area contributed by atoms with Crippen LogP contribution in [0, 0.1) is 0 Å². The molecule has 0 aliphatic heterocycles. The number of rotatable bonds is 6. The van der Waals surface area contributed by atoms with Gasteiger partial charge in [-0.3, -0.25) is 9.78 Å². The third-order valence-corrected chi connectivity index (χ3v) is 3.94. The molecular weight excluding hydrogens is 338 g/mol. The Morgan fingerprint density at radius 1 is 1.00 bits per heavy atom. The van der Waals surface area contributed by atoms with Crippen LogP contribution in [0.4, 0.5) is 5.95 Å². The van der Waals surface area contributed by atoms with E-state index in [2.05, 4.69) is 20.3 Å². The molecule has 6 nitrogen and oxygen atoms in total. The molecule has 2 heterocycles. The molecule has 1 unspecified atom stereocenters. The standard InChI is InChI=1S/C21H21N5O/c1-26(2)21-23-14-16(15-24-21)8-9-19(27)25-20(17-6-4-3-5-7-17)18-10-12-22-13-11-18/h3-15,20H,1-2H3,(H,25,27)/b9-8+. The van der Waals surface area contributed by atoms with E-state index in [9.17, 15) is 4.79 Å². The highest BCUT2D eigenvalue weighted by Crippen LogP contribution is 2.21. The van der Waals surface area contributed by atoms with Gasteiger partial charge in [-0.2, -0.15) is 0 Å². The lowest BCUT2D eigenvalue weighted by Gasteiger charge is -2.18. The number of aromatic nitrogens is 3. The third kappa shape index (κ3) is 4.98. The van der Waals surface area contributed by atoms with E-state index >= 15 is 0 Å². The number of carbonyl (C=O) groups is 1. The van der Waals surface area contributed by atoms with Crippen molar-refractivity contribution in [2.24, 2.45) is 0 Å². The van der Waals surface area contributed by atoms with Gasteiger partial charge >= 0.3 is 0 Å². The minimum absolute atomic E-state index is 0.197. The Kier molecular flexibility index (Phi) is 5.89. The van der Waals surface area contributed by atoms with Gasteiger partial charge in [0.1, 0.15) is 0 Å². The monoisotopic (exact) mass is 359 g/mol. The summed E-state index contributed by atoms with van der Waals surface area (Å²) in [6, 6.07) is 13.4. The van der Waals surface area contributed by atoms with E-state index in [0.29, 0.717) is 5.95 Å². The number of carbonyl (C=O) groups excluding carboxylic acids is 1. The number of amides is 1. The van der Waals surface area contributed by atoms with Crippen LogP contribution in [-0.4, -0.2) is 35.0 Å². The number of anilines is 1. The zero-order valence-corrected chi connectivity index (χ0v) is 15.3. The molecule has 0 aliphatic carbocycles. The van der Waals surface area contributed by atoms with Gasteiger partial charge in [-0.15, -0.1) is 0 Å². The molecule has 0 fully saturated rings. The Morgan fingerprint density at radius 2 is 1.63 bits per heavy atom. The second-order valence-electron chi connectivity index (χ2n) is 6.18. The van der Waals surface area contributed by atoms with Crippen LogP contribution in [0.3, 0.4) is 0 Å². The van der Waals surface area contributed by atoms with Gasteiger partial charge in [-0.05, 0) is 29.3 Å². The number of nitrogens with one attached hydrogen (secondary N) is 1. The van der Waals surface area contributed by atoms with Crippen molar-refractivity contribution >= 4 is 17.9 Å². The topological polar surface area (TPSA) is 71.0 Å². The molecule has 0 bridgehead atoms. The molecule has 1 atom stereocenters. The van der Waals surface area contributed by atoms with Crippen LogP contribution in [0.2, 0.25) is 0 Å². The quantitative estimate of drug-likeness (QED) is 0.685. The average molecular weight is 359 g/mol. The number of nitrogens with zero attached hydrogens (tertiary/aromatic N) is 4. The van der Waals surface area contributed by atoms with Gasteiger partial charge in [0.05, 0.1) is 6.04 Å². The molecule has 3 rings (SSSR count). The summed E-state index contributed by atoms with van der Waals surface area (Å²) >= 11 is 0. The second kappa shape index (κ2) is 8.71. The molecule has 0 aliphatic rings. The highest BCUT2D eigenvalue weighted by molar-refractivity contribution is 5.92. The highest BCUT2D eigenvalue weighted by atomic mass is 16.1. The SMILES string of the molecule is CN(C)c1ncc(/C=C/C(=O)NC(c2ccccc2)c2ccncc2)cn1. The molecular formula is C21H21N5O. The van der Waals surface area contributed by atoms with E-state index in [4.69, 9.17) is 0 Å². The first kappa shape index (κ1) is 18.3. The van der Waals surface area contributed by atoms with Gasteiger partial charge in [0.2, 0.25) is 11.9 Å². The predicted octanol–water partition coefficient (Wildman–Crippen LogP) is 2.86. The van der Waals surface area contributed by atoms with E-state index in [1.165, 1.54) is 6.08 Å². The highest BCUT2D eigenvalue weighted by Gasteiger charge is 2.15. The van der Waals surface area contributed by atoms with E-state index in [0.717, 1.165) is 16.7 Å². The summed E-state index contributed by atoms with van der Waals surface area (Å²) < 4.78 is 0. The van der Waals surface area contributed by atoms with Crippen molar-refractivity contribution < 1.29 is 4.79 Å². The molecule has 1 N–H and O–H groups in total. The summed E-state index contributed by atoms with van der Waals surface area (Å²) in [6.45, 7) is 0. The summed E-state index contributed by atoms with van der Waals surface area (Å²) in [5.74, 6) is 0.427. The molecule has 6 heteroatoms.